The summed E-state index contributed by atoms with van der Waals surface area (Å²) in [4.78, 5) is 40.6. The molecule has 2 aliphatic rings. The van der Waals surface area contributed by atoms with Gasteiger partial charge in [0.15, 0.2) is 5.82 Å². The van der Waals surface area contributed by atoms with Gasteiger partial charge in [0.2, 0.25) is 5.91 Å². The Kier molecular flexibility index (Phi) is 12.2. The highest BCUT2D eigenvalue weighted by atomic mass is 19.1. The molecular formula is C35H55FN8O3. The van der Waals surface area contributed by atoms with Crippen LogP contribution in [0.1, 0.15) is 71.2 Å². The van der Waals surface area contributed by atoms with E-state index in [9.17, 15) is 14.0 Å². The third-order valence-corrected chi connectivity index (χ3v) is 9.72. The fourth-order valence-electron chi connectivity index (χ4n) is 7.31. The summed E-state index contributed by atoms with van der Waals surface area (Å²) in [5.41, 5.74) is 0.316. The van der Waals surface area contributed by atoms with Gasteiger partial charge in [0.05, 0.1) is 5.56 Å². The monoisotopic (exact) mass is 654 g/mol. The molecule has 12 heteroatoms. The van der Waals surface area contributed by atoms with Crippen molar-refractivity contribution in [3.63, 3.8) is 0 Å². The van der Waals surface area contributed by atoms with E-state index in [1.54, 1.807) is 9.80 Å². The van der Waals surface area contributed by atoms with E-state index in [2.05, 4.69) is 50.8 Å². The lowest BCUT2D eigenvalue weighted by atomic mass is 9.76. The Balaban J connectivity index is 1.37. The van der Waals surface area contributed by atoms with Crippen LogP contribution < -0.4 is 9.64 Å². The standard InChI is InChI=1S/C35H55FN8O3/c1-10-44(25(4)5)34(46)28-18-27(36)13-14-30(28)47-32-31(37-23-38-39-32)42-17-15-35(20-42)21-43(22-35)29(24(2)3)12-11-16-41(9)19-26(6)33(45)40(7)8/h13-14,18,23-26,29H,10-12,15-17,19-22H2,1-9H3/t26?,29-/m1/s1. The highest BCUT2D eigenvalue weighted by Gasteiger charge is 2.50. The summed E-state index contributed by atoms with van der Waals surface area (Å²) >= 11 is 0. The molecule has 2 fully saturated rings. The number of ether oxygens (including phenoxy) is 1. The number of rotatable bonds is 15. The molecular weight excluding hydrogens is 599 g/mol. The number of aromatic nitrogens is 3. The molecule has 1 aromatic carbocycles. The van der Waals surface area contributed by atoms with Gasteiger partial charge in [-0.05, 0) is 77.7 Å². The smallest absolute Gasteiger partial charge is 0.282 e. The van der Waals surface area contributed by atoms with Crippen LogP contribution in [0.2, 0.25) is 0 Å². The number of halogens is 1. The Bertz CT molecular complexity index is 1370. The number of carbonyl (C=O) groups excluding carboxylic acids is 2. The first-order valence-corrected chi connectivity index (χ1v) is 17.1. The van der Waals surface area contributed by atoms with Crippen molar-refractivity contribution >= 4 is 17.6 Å². The highest BCUT2D eigenvalue weighted by molar-refractivity contribution is 5.97. The molecule has 1 spiro atoms. The zero-order chi connectivity index (χ0) is 34.5. The molecule has 47 heavy (non-hydrogen) atoms. The first-order valence-electron chi connectivity index (χ1n) is 17.1. The van der Waals surface area contributed by atoms with Gasteiger partial charge < -0.3 is 24.3 Å². The van der Waals surface area contributed by atoms with Gasteiger partial charge in [0.25, 0.3) is 11.8 Å². The van der Waals surface area contributed by atoms with Crippen LogP contribution in [0.25, 0.3) is 0 Å². The van der Waals surface area contributed by atoms with Crippen molar-refractivity contribution < 1.29 is 18.7 Å². The molecule has 1 aromatic heterocycles. The summed E-state index contributed by atoms with van der Waals surface area (Å²) in [7, 11) is 5.73. The highest BCUT2D eigenvalue weighted by Crippen LogP contribution is 2.44. The lowest BCUT2D eigenvalue weighted by Crippen LogP contribution is -2.62. The number of carbonyl (C=O) groups is 2. The molecule has 2 saturated heterocycles. The van der Waals surface area contributed by atoms with Gasteiger partial charge in [0, 0.05) is 76.8 Å². The van der Waals surface area contributed by atoms with E-state index in [0.29, 0.717) is 24.3 Å². The summed E-state index contributed by atoms with van der Waals surface area (Å²) in [6.45, 7) is 18.3. The molecule has 0 bridgehead atoms. The molecule has 4 rings (SSSR count). The van der Waals surface area contributed by atoms with Gasteiger partial charge in [-0.15, -0.1) is 10.2 Å². The minimum atomic E-state index is -0.508. The van der Waals surface area contributed by atoms with Crippen molar-refractivity contribution in [2.75, 3.05) is 71.9 Å². The average molecular weight is 655 g/mol. The second-order valence-electron chi connectivity index (χ2n) is 14.4. The van der Waals surface area contributed by atoms with Gasteiger partial charge in [0.1, 0.15) is 17.9 Å². The van der Waals surface area contributed by atoms with E-state index >= 15 is 0 Å². The van der Waals surface area contributed by atoms with E-state index in [4.69, 9.17) is 4.74 Å². The Morgan fingerprint density at radius 2 is 1.81 bits per heavy atom. The van der Waals surface area contributed by atoms with Crippen molar-refractivity contribution in [1.29, 1.82) is 0 Å². The quantitative estimate of drug-likeness (QED) is 0.272. The molecule has 2 amide bonds. The van der Waals surface area contributed by atoms with E-state index in [1.807, 2.05) is 41.8 Å². The van der Waals surface area contributed by atoms with Gasteiger partial charge in [-0.3, -0.25) is 14.5 Å². The molecule has 2 aromatic rings. The van der Waals surface area contributed by atoms with Crippen LogP contribution in [0.3, 0.4) is 0 Å². The largest absolute Gasteiger partial charge is 0.434 e. The predicted octanol–water partition coefficient (Wildman–Crippen LogP) is 4.65. The molecule has 0 saturated carbocycles. The van der Waals surface area contributed by atoms with E-state index < -0.39 is 5.82 Å². The third-order valence-electron chi connectivity index (χ3n) is 9.72. The van der Waals surface area contributed by atoms with Gasteiger partial charge in [-0.2, -0.15) is 0 Å². The maximum Gasteiger partial charge on any atom is 0.282 e. The Morgan fingerprint density at radius 3 is 2.45 bits per heavy atom. The second-order valence-corrected chi connectivity index (χ2v) is 14.4. The molecule has 2 aliphatic heterocycles. The number of amides is 2. The second kappa shape index (κ2) is 15.7. The SMILES string of the molecule is CCN(C(=O)c1cc(F)ccc1Oc1nncnc1N1CCC2(C1)CN([C@H](CCCN(C)CC(C)C(=O)N(C)C)C(C)C)C2)C(C)C. The summed E-state index contributed by atoms with van der Waals surface area (Å²) in [6.07, 6.45) is 4.67. The first kappa shape index (κ1) is 36.5. The van der Waals surface area contributed by atoms with Crippen LogP contribution in [0.15, 0.2) is 24.5 Å². The Hall–Kier alpha value is -3.38. The van der Waals surface area contributed by atoms with Crippen molar-refractivity contribution in [3.8, 4) is 11.6 Å². The van der Waals surface area contributed by atoms with Crippen molar-refractivity contribution in [1.82, 2.24) is 34.8 Å². The zero-order valence-electron chi connectivity index (χ0n) is 29.9. The molecule has 3 heterocycles. The number of hydrogen-bond donors (Lipinski definition) is 0. The molecule has 0 N–H and O–H groups in total. The summed E-state index contributed by atoms with van der Waals surface area (Å²) in [6, 6.07) is 4.43. The molecule has 0 radical (unpaired) electrons. The lowest BCUT2D eigenvalue weighted by Gasteiger charge is -2.53. The number of hydrogen-bond acceptors (Lipinski definition) is 9. The fraction of sp³-hybridized carbons (Fsp3) is 0.686. The number of likely N-dealkylation sites (tertiary alicyclic amines) is 1. The van der Waals surface area contributed by atoms with Gasteiger partial charge in [-0.1, -0.05) is 20.8 Å². The maximum atomic E-state index is 14.3. The minimum Gasteiger partial charge on any atom is -0.434 e. The van der Waals surface area contributed by atoms with Gasteiger partial charge in [-0.25, -0.2) is 9.37 Å². The van der Waals surface area contributed by atoms with Crippen LogP contribution in [-0.2, 0) is 4.79 Å². The third kappa shape index (κ3) is 8.76. The van der Waals surface area contributed by atoms with Crippen molar-refractivity contribution in [2.24, 2.45) is 17.3 Å². The van der Waals surface area contributed by atoms with Crippen molar-refractivity contribution in [3.05, 3.63) is 35.9 Å². The van der Waals surface area contributed by atoms with Crippen LogP contribution in [0.5, 0.6) is 11.6 Å². The summed E-state index contributed by atoms with van der Waals surface area (Å²) < 4.78 is 20.5. The zero-order valence-corrected chi connectivity index (χ0v) is 29.9. The molecule has 11 nitrogen and oxygen atoms in total. The van der Waals surface area contributed by atoms with E-state index in [0.717, 1.165) is 58.5 Å². The van der Waals surface area contributed by atoms with E-state index in [1.165, 1.54) is 24.5 Å². The summed E-state index contributed by atoms with van der Waals surface area (Å²) in [5, 5.41) is 8.22. The Labute approximate surface area is 280 Å². The first-order chi connectivity index (χ1) is 22.2. The average Bonchev–Trinajstić information content (AvgIpc) is 3.45. The molecule has 260 valence electrons. The van der Waals surface area contributed by atoms with Crippen LogP contribution in [0.4, 0.5) is 10.2 Å². The lowest BCUT2D eigenvalue weighted by molar-refractivity contribution is -0.132. The van der Waals surface area contributed by atoms with Crippen LogP contribution in [0, 0.1) is 23.1 Å². The number of nitrogens with zero attached hydrogens (tertiary/aromatic N) is 8. The van der Waals surface area contributed by atoms with E-state index in [-0.39, 0.29) is 46.4 Å². The van der Waals surface area contributed by atoms with Crippen molar-refractivity contribution in [2.45, 2.75) is 72.9 Å². The normalized spacial score (nSPS) is 17.3. The van der Waals surface area contributed by atoms with Crippen LogP contribution >= 0.6 is 0 Å². The predicted molar refractivity (Wildman–Crippen MR) is 182 cm³/mol. The topological polar surface area (TPSA) is 98.2 Å². The molecule has 2 atom stereocenters. The molecule has 1 unspecified atom stereocenters. The fourth-order valence-corrected chi connectivity index (χ4v) is 7.31. The Morgan fingerprint density at radius 1 is 1.09 bits per heavy atom. The number of anilines is 1. The molecule has 0 aliphatic carbocycles. The summed E-state index contributed by atoms with van der Waals surface area (Å²) in [5.74, 6) is 0.917. The van der Waals surface area contributed by atoms with Crippen LogP contribution in [-0.4, -0.2) is 126 Å². The van der Waals surface area contributed by atoms with Gasteiger partial charge >= 0.3 is 0 Å². The number of benzene rings is 1. The minimum absolute atomic E-state index is 0.0102. The maximum absolute atomic E-state index is 14.3.